The molecule has 2 N–H and O–H groups in total. The Hall–Kier alpha value is -2.40. The molecule has 0 saturated carbocycles. The van der Waals surface area contributed by atoms with Crippen molar-refractivity contribution in [1.82, 2.24) is 10.3 Å². The van der Waals surface area contributed by atoms with Crippen LogP contribution in [0.1, 0.15) is 19.4 Å². The molecule has 0 radical (unpaired) electrons. The molecule has 1 aromatic heterocycles. The van der Waals surface area contributed by atoms with Crippen molar-refractivity contribution in [3.05, 3.63) is 54.4 Å². The minimum Gasteiger partial charge on any atom is -0.491 e. The molecule has 0 unspecified atom stereocenters. The van der Waals surface area contributed by atoms with Crippen LogP contribution in [0.3, 0.4) is 0 Å². The van der Waals surface area contributed by atoms with Crippen LogP contribution in [0.5, 0.6) is 5.75 Å². The van der Waals surface area contributed by atoms with Crippen molar-refractivity contribution in [2.75, 3.05) is 11.9 Å². The Morgan fingerprint density at radius 1 is 1.14 bits per heavy atom. The molecule has 0 atom stereocenters. The zero-order valence-electron chi connectivity index (χ0n) is 12.9. The molecule has 1 heterocycles. The average Bonchev–Trinajstić information content (AvgIpc) is 2.50. The number of ether oxygens (including phenoxy) is 1. The van der Waals surface area contributed by atoms with Gasteiger partial charge in [0, 0.05) is 24.6 Å². The van der Waals surface area contributed by atoms with Crippen LogP contribution in [0, 0.1) is 0 Å². The SMILES string of the molecule is CC(C)Oc1ccc(NC(=O)CNCc2ccncc2)cc1. The first-order chi connectivity index (χ1) is 10.6. The first-order valence-corrected chi connectivity index (χ1v) is 7.29. The predicted molar refractivity (Wildman–Crippen MR) is 86.8 cm³/mol. The third-order valence-electron chi connectivity index (χ3n) is 2.87. The highest BCUT2D eigenvalue weighted by molar-refractivity contribution is 5.92. The Labute approximate surface area is 130 Å². The van der Waals surface area contributed by atoms with E-state index in [1.54, 1.807) is 12.4 Å². The fourth-order valence-corrected chi connectivity index (χ4v) is 1.92. The van der Waals surface area contributed by atoms with Crippen LogP contribution in [0.4, 0.5) is 5.69 Å². The maximum Gasteiger partial charge on any atom is 0.238 e. The highest BCUT2D eigenvalue weighted by Crippen LogP contribution is 2.16. The Morgan fingerprint density at radius 2 is 1.82 bits per heavy atom. The number of nitrogens with zero attached hydrogens (tertiary/aromatic N) is 1. The highest BCUT2D eigenvalue weighted by atomic mass is 16.5. The summed E-state index contributed by atoms with van der Waals surface area (Å²) < 4.78 is 5.56. The van der Waals surface area contributed by atoms with Crippen LogP contribution < -0.4 is 15.4 Å². The predicted octanol–water partition coefficient (Wildman–Crippen LogP) is 2.60. The maximum absolute atomic E-state index is 11.8. The second-order valence-electron chi connectivity index (χ2n) is 5.20. The number of rotatable bonds is 7. The molecule has 5 heteroatoms. The number of anilines is 1. The van der Waals surface area contributed by atoms with E-state index in [2.05, 4.69) is 15.6 Å². The third kappa shape index (κ3) is 5.54. The number of hydrogen-bond donors (Lipinski definition) is 2. The van der Waals surface area contributed by atoms with Crippen LogP contribution in [-0.2, 0) is 11.3 Å². The van der Waals surface area contributed by atoms with Crippen molar-refractivity contribution in [1.29, 1.82) is 0 Å². The van der Waals surface area contributed by atoms with Crippen LogP contribution in [0.15, 0.2) is 48.8 Å². The summed E-state index contributed by atoms with van der Waals surface area (Å²) in [6.45, 7) is 4.85. The number of hydrogen-bond acceptors (Lipinski definition) is 4. The number of carbonyl (C=O) groups is 1. The Morgan fingerprint density at radius 3 is 2.45 bits per heavy atom. The molecular weight excluding hydrogens is 278 g/mol. The minimum absolute atomic E-state index is 0.0772. The van der Waals surface area contributed by atoms with Crippen molar-refractivity contribution in [2.24, 2.45) is 0 Å². The van der Waals surface area contributed by atoms with Crippen molar-refractivity contribution < 1.29 is 9.53 Å². The minimum atomic E-state index is -0.0772. The number of nitrogens with one attached hydrogen (secondary N) is 2. The van der Waals surface area contributed by atoms with E-state index in [9.17, 15) is 4.79 Å². The summed E-state index contributed by atoms with van der Waals surface area (Å²) in [6.07, 6.45) is 3.60. The van der Waals surface area contributed by atoms with E-state index >= 15 is 0 Å². The molecule has 1 amide bonds. The molecule has 5 nitrogen and oxygen atoms in total. The molecule has 0 spiro atoms. The number of amides is 1. The molecule has 2 aromatic rings. The van der Waals surface area contributed by atoms with Crippen molar-refractivity contribution in [3.8, 4) is 5.75 Å². The van der Waals surface area contributed by atoms with Gasteiger partial charge in [0.05, 0.1) is 12.6 Å². The van der Waals surface area contributed by atoms with Gasteiger partial charge < -0.3 is 15.4 Å². The summed E-state index contributed by atoms with van der Waals surface area (Å²) in [6, 6.07) is 11.2. The van der Waals surface area contributed by atoms with Crippen LogP contribution in [-0.4, -0.2) is 23.5 Å². The smallest absolute Gasteiger partial charge is 0.238 e. The zero-order chi connectivity index (χ0) is 15.8. The lowest BCUT2D eigenvalue weighted by Gasteiger charge is -2.11. The van der Waals surface area contributed by atoms with E-state index in [1.807, 2.05) is 50.2 Å². The zero-order valence-corrected chi connectivity index (χ0v) is 12.9. The Bertz CT molecular complexity index is 583. The molecule has 0 bridgehead atoms. The first-order valence-electron chi connectivity index (χ1n) is 7.29. The summed E-state index contributed by atoms with van der Waals surface area (Å²) in [5, 5.41) is 5.93. The van der Waals surface area contributed by atoms with Gasteiger partial charge in [0.2, 0.25) is 5.91 Å². The van der Waals surface area contributed by atoms with Gasteiger partial charge in [0.25, 0.3) is 0 Å². The van der Waals surface area contributed by atoms with Gasteiger partial charge >= 0.3 is 0 Å². The molecular formula is C17H21N3O2. The maximum atomic E-state index is 11.8. The average molecular weight is 299 g/mol. The second-order valence-corrected chi connectivity index (χ2v) is 5.20. The lowest BCUT2D eigenvalue weighted by molar-refractivity contribution is -0.115. The lowest BCUT2D eigenvalue weighted by Crippen LogP contribution is -2.27. The Kier molecular flexibility index (Phi) is 5.91. The second kappa shape index (κ2) is 8.14. The summed E-state index contributed by atoms with van der Waals surface area (Å²) in [5.41, 5.74) is 1.85. The molecule has 0 aliphatic rings. The molecule has 2 rings (SSSR count). The van der Waals surface area contributed by atoms with Gasteiger partial charge in [-0.2, -0.15) is 0 Å². The summed E-state index contributed by atoms with van der Waals surface area (Å²) in [5.74, 6) is 0.718. The van der Waals surface area contributed by atoms with E-state index < -0.39 is 0 Å². The molecule has 1 aromatic carbocycles. The number of carbonyl (C=O) groups excluding carboxylic acids is 1. The molecule has 0 fully saturated rings. The van der Waals surface area contributed by atoms with E-state index in [-0.39, 0.29) is 18.6 Å². The van der Waals surface area contributed by atoms with Crippen molar-refractivity contribution in [3.63, 3.8) is 0 Å². The number of pyridine rings is 1. The van der Waals surface area contributed by atoms with Gasteiger partial charge in [-0.05, 0) is 55.8 Å². The van der Waals surface area contributed by atoms with E-state index in [1.165, 1.54) is 0 Å². The number of benzene rings is 1. The van der Waals surface area contributed by atoms with Crippen LogP contribution in [0.25, 0.3) is 0 Å². The Balaban J connectivity index is 1.74. The summed E-state index contributed by atoms with van der Waals surface area (Å²) in [7, 11) is 0. The molecule has 0 saturated heterocycles. The van der Waals surface area contributed by atoms with Gasteiger partial charge in [-0.1, -0.05) is 0 Å². The fraction of sp³-hybridized carbons (Fsp3) is 0.294. The molecule has 0 aliphatic carbocycles. The van der Waals surface area contributed by atoms with E-state index in [0.717, 1.165) is 17.0 Å². The van der Waals surface area contributed by atoms with Crippen molar-refractivity contribution in [2.45, 2.75) is 26.5 Å². The van der Waals surface area contributed by atoms with Gasteiger partial charge in [-0.3, -0.25) is 9.78 Å². The molecule has 116 valence electrons. The topological polar surface area (TPSA) is 63.2 Å². The highest BCUT2D eigenvalue weighted by Gasteiger charge is 2.03. The van der Waals surface area contributed by atoms with Crippen LogP contribution in [0.2, 0.25) is 0 Å². The van der Waals surface area contributed by atoms with Crippen molar-refractivity contribution >= 4 is 11.6 Å². The normalized spacial score (nSPS) is 10.5. The summed E-state index contributed by atoms with van der Waals surface area (Å²) in [4.78, 5) is 15.8. The van der Waals surface area contributed by atoms with Gasteiger partial charge in [0.15, 0.2) is 0 Å². The fourth-order valence-electron chi connectivity index (χ4n) is 1.92. The lowest BCUT2D eigenvalue weighted by atomic mass is 10.2. The van der Waals surface area contributed by atoms with Gasteiger partial charge in [-0.25, -0.2) is 0 Å². The van der Waals surface area contributed by atoms with Gasteiger partial charge in [0.1, 0.15) is 5.75 Å². The van der Waals surface area contributed by atoms with Gasteiger partial charge in [-0.15, -0.1) is 0 Å². The first kappa shape index (κ1) is 16.0. The molecule has 22 heavy (non-hydrogen) atoms. The molecule has 0 aliphatic heterocycles. The largest absolute Gasteiger partial charge is 0.491 e. The van der Waals surface area contributed by atoms with Crippen LogP contribution >= 0.6 is 0 Å². The van der Waals surface area contributed by atoms with E-state index in [0.29, 0.717) is 6.54 Å². The van der Waals surface area contributed by atoms with E-state index in [4.69, 9.17) is 4.74 Å². The standard InChI is InChI=1S/C17H21N3O2/c1-13(2)22-16-5-3-15(4-6-16)20-17(21)12-19-11-14-7-9-18-10-8-14/h3-10,13,19H,11-12H2,1-2H3,(H,20,21). The third-order valence-corrected chi connectivity index (χ3v) is 2.87. The monoisotopic (exact) mass is 299 g/mol. The summed E-state index contributed by atoms with van der Waals surface area (Å²) >= 11 is 0. The number of aromatic nitrogens is 1. The quantitative estimate of drug-likeness (QED) is 0.825.